The molecule has 2 rings (SSSR count). The average molecular weight is 337 g/mol. The van der Waals surface area contributed by atoms with Crippen LogP contribution < -0.4 is 16.0 Å². The van der Waals surface area contributed by atoms with E-state index >= 15 is 0 Å². The van der Waals surface area contributed by atoms with Crippen LogP contribution in [0.5, 0.6) is 0 Å². The third kappa shape index (κ3) is 5.30. The lowest BCUT2D eigenvalue weighted by Crippen LogP contribution is -2.46. The lowest BCUT2D eigenvalue weighted by atomic mass is 10.2. The summed E-state index contributed by atoms with van der Waals surface area (Å²) in [5.41, 5.74) is 0.864. The molecular weight excluding hydrogens is 320 g/mol. The molecule has 0 aliphatic rings. The first-order chi connectivity index (χ1) is 10.9. The van der Waals surface area contributed by atoms with Crippen molar-refractivity contribution in [2.45, 2.75) is 26.4 Å². The predicted molar refractivity (Wildman–Crippen MR) is 86.2 cm³/mol. The molecule has 0 aliphatic heterocycles. The summed E-state index contributed by atoms with van der Waals surface area (Å²) in [7, 11) is 0. The Morgan fingerprint density at radius 2 is 2.13 bits per heavy atom. The lowest BCUT2D eigenvalue weighted by Gasteiger charge is -2.13. The Morgan fingerprint density at radius 1 is 1.35 bits per heavy atom. The molecule has 0 bridgehead atoms. The van der Waals surface area contributed by atoms with Gasteiger partial charge in [0.05, 0.1) is 0 Å². The molecule has 3 amide bonds. The summed E-state index contributed by atoms with van der Waals surface area (Å²) in [6, 6.07) is 7.55. The Bertz CT molecular complexity index is 702. The van der Waals surface area contributed by atoms with Crippen molar-refractivity contribution in [3.05, 3.63) is 46.7 Å². The highest BCUT2D eigenvalue weighted by molar-refractivity contribution is 6.30. The molecule has 23 heavy (non-hydrogen) atoms. The maximum absolute atomic E-state index is 11.9. The fourth-order valence-electron chi connectivity index (χ4n) is 1.80. The van der Waals surface area contributed by atoms with Crippen molar-refractivity contribution in [1.82, 2.24) is 15.8 Å². The molecule has 0 saturated carbocycles. The van der Waals surface area contributed by atoms with Gasteiger partial charge in [0.25, 0.3) is 0 Å². The summed E-state index contributed by atoms with van der Waals surface area (Å²) in [6.07, 6.45) is 0. The van der Waals surface area contributed by atoms with E-state index in [1.807, 2.05) is 6.07 Å². The minimum Gasteiger partial charge on any atom is -0.360 e. The Balaban J connectivity index is 1.78. The molecule has 3 N–H and O–H groups in total. The number of hydrogen-bond acceptors (Lipinski definition) is 4. The van der Waals surface area contributed by atoms with E-state index in [9.17, 15) is 9.59 Å². The Kier molecular flexibility index (Phi) is 5.59. The van der Waals surface area contributed by atoms with Crippen LogP contribution >= 0.6 is 11.6 Å². The van der Waals surface area contributed by atoms with E-state index < -0.39 is 18.0 Å². The number of benzene rings is 1. The summed E-state index contributed by atoms with van der Waals surface area (Å²) in [5.74, 6) is 0.497. The van der Waals surface area contributed by atoms with Crippen molar-refractivity contribution in [2.24, 2.45) is 0 Å². The van der Waals surface area contributed by atoms with Crippen molar-refractivity contribution in [3.8, 4) is 0 Å². The third-order valence-electron chi connectivity index (χ3n) is 2.96. The van der Waals surface area contributed by atoms with Gasteiger partial charge in [0.15, 0.2) is 5.82 Å². The van der Waals surface area contributed by atoms with E-state index in [0.717, 1.165) is 5.56 Å². The van der Waals surface area contributed by atoms with Crippen LogP contribution in [0.3, 0.4) is 0 Å². The first-order valence-electron chi connectivity index (χ1n) is 6.97. The second-order valence-corrected chi connectivity index (χ2v) is 5.43. The zero-order chi connectivity index (χ0) is 16.8. The number of aryl methyl sites for hydroxylation is 1. The second-order valence-electron chi connectivity index (χ2n) is 4.99. The van der Waals surface area contributed by atoms with Crippen molar-refractivity contribution in [2.75, 3.05) is 5.32 Å². The van der Waals surface area contributed by atoms with Crippen LogP contribution in [0.1, 0.15) is 18.2 Å². The van der Waals surface area contributed by atoms with Crippen LogP contribution in [-0.4, -0.2) is 23.1 Å². The minimum absolute atomic E-state index is 0.306. The van der Waals surface area contributed by atoms with E-state index in [-0.39, 0.29) is 0 Å². The van der Waals surface area contributed by atoms with E-state index in [2.05, 4.69) is 21.1 Å². The number of rotatable bonds is 5. The van der Waals surface area contributed by atoms with Crippen LogP contribution in [0.15, 0.2) is 34.9 Å². The Hall–Kier alpha value is -2.54. The standard InChI is InChI=1S/C15H17ClN4O3/c1-9-6-13(20-23-9)19-14(21)10(2)18-15(22)17-8-11-4-3-5-12(16)7-11/h3-7,10H,8H2,1-2H3,(H2,17,18,22)(H,19,20,21)/t10-/m1/s1. The number of aromatic nitrogens is 1. The number of carbonyl (C=O) groups excluding carboxylic acids is 2. The first kappa shape index (κ1) is 16.8. The largest absolute Gasteiger partial charge is 0.360 e. The van der Waals surface area contributed by atoms with Crippen LogP contribution in [-0.2, 0) is 11.3 Å². The van der Waals surface area contributed by atoms with Gasteiger partial charge in [0.1, 0.15) is 11.8 Å². The zero-order valence-electron chi connectivity index (χ0n) is 12.7. The van der Waals surface area contributed by atoms with Gasteiger partial charge in [-0.05, 0) is 31.5 Å². The Morgan fingerprint density at radius 3 is 2.78 bits per heavy atom. The molecule has 8 heteroatoms. The minimum atomic E-state index is -0.730. The second kappa shape index (κ2) is 7.64. The highest BCUT2D eigenvalue weighted by Gasteiger charge is 2.16. The van der Waals surface area contributed by atoms with Gasteiger partial charge in [-0.2, -0.15) is 0 Å². The number of nitrogens with one attached hydrogen (secondary N) is 3. The number of carbonyl (C=O) groups is 2. The number of nitrogens with zero attached hydrogens (tertiary/aromatic N) is 1. The molecule has 0 saturated heterocycles. The van der Waals surface area contributed by atoms with E-state index in [0.29, 0.717) is 23.1 Å². The van der Waals surface area contributed by atoms with Crippen LogP contribution in [0.25, 0.3) is 0 Å². The molecule has 0 unspecified atom stereocenters. The highest BCUT2D eigenvalue weighted by Crippen LogP contribution is 2.10. The molecule has 1 aromatic heterocycles. The normalized spacial score (nSPS) is 11.6. The monoisotopic (exact) mass is 336 g/mol. The van der Waals surface area contributed by atoms with E-state index in [1.165, 1.54) is 0 Å². The number of amides is 3. The molecule has 0 aliphatic carbocycles. The number of hydrogen-bond donors (Lipinski definition) is 3. The van der Waals surface area contributed by atoms with Crippen LogP contribution in [0, 0.1) is 6.92 Å². The van der Waals surface area contributed by atoms with Crippen molar-refractivity contribution in [1.29, 1.82) is 0 Å². The maximum Gasteiger partial charge on any atom is 0.315 e. The van der Waals surface area contributed by atoms with Crippen molar-refractivity contribution < 1.29 is 14.1 Å². The van der Waals surface area contributed by atoms with Gasteiger partial charge < -0.3 is 20.5 Å². The van der Waals surface area contributed by atoms with E-state index in [4.69, 9.17) is 16.1 Å². The van der Waals surface area contributed by atoms with Gasteiger partial charge in [-0.15, -0.1) is 0 Å². The van der Waals surface area contributed by atoms with Gasteiger partial charge in [-0.1, -0.05) is 28.9 Å². The molecule has 1 atom stereocenters. The summed E-state index contributed by atoms with van der Waals surface area (Å²) in [5, 5.41) is 12.0. The smallest absolute Gasteiger partial charge is 0.315 e. The quantitative estimate of drug-likeness (QED) is 0.781. The van der Waals surface area contributed by atoms with Gasteiger partial charge in [-0.3, -0.25) is 4.79 Å². The van der Waals surface area contributed by atoms with Gasteiger partial charge in [0.2, 0.25) is 5.91 Å². The molecule has 2 aromatic rings. The summed E-state index contributed by atoms with van der Waals surface area (Å²) < 4.78 is 4.85. The van der Waals surface area contributed by atoms with Gasteiger partial charge in [0, 0.05) is 17.6 Å². The van der Waals surface area contributed by atoms with Gasteiger partial charge in [-0.25, -0.2) is 4.79 Å². The summed E-state index contributed by atoms with van der Waals surface area (Å²) in [4.78, 5) is 23.7. The molecule has 0 fully saturated rings. The molecule has 7 nitrogen and oxygen atoms in total. The molecule has 1 heterocycles. The Labute approximate surface area is 138 Å². The number of anilines is 1. The highest BCUT2D eigenvalue weighted by atomic mass is 35.5. The van der Waals surface area contributed by atoms with Crippen molar-refractivity contribution in [3.63, 3.8) is 0 Å². The first-order valence-corrected chi connectivity index (χ1v) is 7.35. The van der Waals surface area contributed by atoms with Crippen molar-refractivity contribution >= 4 is 29.4 Å². The topological polar surface area (TPSA) is 96.3 Å². The fraction of sp³-hybridized carbons (Fsp3) is 0.267. The average Bonchev–Trinajstić information content (AvgIpc) is 2.90. The lowest BCUT2D eigenvalue weighted by molar-refractivity contribution is -0.117. The molecule has 0 spiro atoms. The number of halogens is 1. The molecule has 122 valence electrons. The summed E-state index contributed by atoms with van der Waals surface area (Å²) >= 11 is 5.87. The van der Waals surface area contributed by atoms with E-state index in [1.54, 1.807) is 38.1 Å². The molecule has 0 radical (unpaired) electrons. The zero-order valence-corrected chi connectivity index (χ0v) is 13.5. The fourth-order valence-corrected chi connectivity index (χ4v) is 2.02. The number of urea groups is 1. The molecule has 1 aromatic carbocycles. The van der Waals surface area contributed by atoms with Crippen LogP contribution in [0.2, 0.25) is 5.02 Å². The summed E-state index contributed by atoms with van der Waals surface area (Å²) in [6.45, 7) is 3.60. The van der Waals surface area contributed by atoms with Gasteiger partial charge >= 0.3 is 6.03 Å². The van der Waals surface area contributed by atoms with Crippen LogP contribution in [0.4, 0.5) is 10.6 Å². The predicted octanol–water partition coefficient (Wildman–Crippen LogP) is 2.46. The molecular formula is C15H17ClN4O3. The SMILES string of the molecule is Cc1cc(NC(=O)[C@@H](C)NC(=O)NCc2cccc(Cl)c2)no1. The maximum atomic E-state index is 11.9. The third-order valence-corrected chi connectivity index (χ3v) is 3.20.